The summed E-state index contributed by atoms with van der Waals surface area (Å²) < 4.78 is 45.3. The number of imidazole rings is 2. The van der Waals surface area contributed by atoms with Crippen LogP contribution in [0.1, 0.15) is 0 Å². The number of hydrogen-bond donors (Lipinski definition) is 4. The normalized spacial score (nSPS) is 11.4. The van der Waals surface area contributed by atoms with E-state index in [1.54, 1.807) is 30.6 Å². The molecule has 5 rings (SSSR count). The molecule has 0 bridgehead atoms. The van der Waals surface area contributed by atoms with Crippen molar-refractivity contribution in [2.75, 3.05) is 5.01 Å². The van der Waals surface area contributed by atoms with Gasteiger partial charge in [0.2, 0.25) is 5.95 Å². The van der Waals surface area contributed by atoms with Crippen molar-refractivity contribution in [2.45, 2.75) is 4.90 Å². The highest BCUT2D eigenvalue weighted by atomic mass is 32.2. The highest BCUT2D eigenvalue weighted by Gasteiger charge is 2.21. The van der Waals surface area contributed by atoms with Gasteiger partial charge in [0.1, 0.15) is 28.0 Å². The molecule has 36 heavy (non-hydrogen) atoms. The first-order chi connectivity index (χ1) is 17.3. The Morgan fingerprint density at radius 2 is 1.86 bits per heavy atom. The zero-order valence-corrected chi connectivity index (χ0v) is 19.2. The van der Waals surface area contributed by atoms with Crippen molar-refractivity contribution in [1.82, 2.24) is 25.4 Å². The number of benzene rings is 3. The number of carbonyl (C=O) groups is 1. The first kappa shape index (κ1) is 22.9. The van der Waals surface area contributed by atoms with E-state index in [9.17, 15) is 17.6 Å². The predicted octanol–water partition coefficient (Wildman–Crippen LogP) is 3.58. The van der Waals surface area contributed by atoms with Crippen LogP contribution < -0.4 is 20.4 Å². The van der Waals surface area contributed by atoms with Gasteiger partial charge in [0.25, 0.3) is 0 Å². The van der Waals surface area contributed by atoms with E-state index in [4.69, 9.17) is 9.92 Å². The number of nitrogens with two attached hydrogens (primary N) is 1. The van der Waals surface area contributed by atoms with Crippen LogP contribution in [0.2, 0.25) is 0 Å². The number of anilines is 2. The number of amides is 2. The van der Waals surface area contributed by atoms with Gasteiger partial charge in [-0.15, -0.1) is 0 Å². The third kappa shape index (κ3) is 4.54. The Labute approximate surface area is 203 Å². The molecular weight excluding hydrogens is 489 g/mol. The quantitative estimate of drug-likeness (QED) is 0.193. The molecule has 5 N–H and O–H groups in total. The maximum Gasteiger partial charge on any atom is 0.339 e. The molecule has 182 valence electrons. The number of hydrazine groups is 1. The standard InChI is InChI=1S/C23H18FN7O4S/c24-17-3-1-2-4-20(17)31(30-22(25)32)23-28-18-10-7-15(13-19(18)29-23)35-36(33,34)16-8-5-14(6-9-16)21-26-11-12-27-21/h1-13H,(H,26,27)(H,28,29)(H3,25,30,32). The third-order valence-corrected chi connectivity index (χ3v) is 6.35. The van der Waals surface area contributed by atoms with E-state index in [1.165, 1.54) is 48.5 Å². The summed E-state index contributed by atoms with van der Waals surface area (Å²) in [6.45, 7) is 0. The Kier molecular flexibility index (Phi) is 5.74. The summed E-state index contributed by atoms with van der Waals surface area (Å²) in [6, 6.07) is 15.2. The van der Waals surface area contributed by atoms with Crippen LogP contribution in [0.4, 0.5) is 20.8 Å². The molecule has 0 saturated heterocycles. The van der Waals surface area contributed by atoms with Gasteiger partial charge >= 0.3 is 16.1 Å². The number of H-pyrrole nitrogens is 2. The maximum atomic E-state index is 14.4. The minimum Gasteiger partial charge on any atom is -0.379 e. The number of carbonyl (C=O) groups excluding carboxylic acids is 1. The molecule has 0 radical (unpaired) electrons. The van der Waals surface area contributed by atoms with Crippen molar-refractivity contribution in [3.63, 3.8) is 0 Å². The minimum absolute atomic E-state index is 0.00703. The topological polar surface area (TPSA) is 159 Å². The Morgan fingerprint density at radius 1 is 1.08 bits per heavy atom. The number of hydrogen-bond acceptors (Lipinski definition) is 7. The lowest BCUT2D eigenvalue weighted by molar-refractivity contribution is 0.249. The smallest absolute Gasteiger partial charge is 0.339 e. The Hall–Kier alpha value is -4.91. The molecule has 0 saturated carbocycles. The summed E-state index contributed by atoms with van der Waals surface area (Å²) in [5, 5.41) is 1.05. The lowest BCUT2D eigenvalue weighted by atomic mass is 10.2. The van der Waals surface area contributed by atoms with Crippen LogP contribution in [0, 0.1) is 5.82 Å². The van der Waals surface area contributed by atoms with E-state index in [2.05, 4.69) is 25.4 Å². The molecule has 0 aliphatic heterocycles. The Bertz CT molecular complexity index is 1650. The van der Waals surface area contributed by atoms with Crippen molar-refractivity contribution in [3.05, 3.63) is 84.9 Å². The lowest BCUT2D eigenvalue weighted by Gasteiger charge is -2.21. The van der Waals surface area contributed by atoms with E-state index in [1.807, 2.05) is 0 Å². The molecule has 0 aliphatic rings. The van der Waals surface area contributed by atoms with Gasteiger partial charge in [-0.25, -0.2) is 29.6 Å². The van der Waals surface area contributed by atoms with Crippen molar-refractivity contribution in [3.8, 4) is 17.1 Å². The van der Waals surface area contributed by atoms with E-state index in [-0.39, 0.29) is 22.3 Å². The number of nitrogens with zero attached hydrogens (tertiary/aromatic N) is 3. The number of aromatic amines is 2. The van der Waals surface area contributed by atoms with E-state index in [0.29, 0.717) is 22.4 Å². The first-order valence-corrected chi connectivity index (χ1v) is 11.9. The van der Waals surface area contributed by atoms with Gasteiger partial charge in [-0.1, -0.05) is 12.1 Å². The molecule has 2 heterocycles. The number of rotatable bonds is 7. The summed E-state index contributed by atoms with van der Waals surface area (Å²) >= 11 is 0. The van der Waals surface area contributed by atoms with Crippen LogP contribution in [0.5, 0.6) is 5.75 Å². The number of aromatic nitrogens is 4. The average molecular weight is 508 g/mol. The fourth-order valence-electron chi connectivity index (χ4n) is 3.48. The fourth-order valence-corrected chi connectivity index (χ4v) is 4.40. The second-order valence-electron chi connectivity index (χ2n) is 7.50. The van der Waals surface area contributed by atoms with Crippen LogP contribution >= 0.6 is 0 Å². The zero-order chi connectivity index (χ0) is 25.3. The number of primary amides is 1. The van der Waals surface area contributed by atoms with Crippen molar-refractivity contribution in [2.24, 2.45) is 5.73 Å². The van der Waals surface area contributed by atoms with Gasteiger partial charge in [0.05, 0.1) is 11.0 Å². The van der Waals surface area contributed by atoms with Crippen molar-refractivity contribution in [1.29, 1.82) is 0 Å². The molecule has 13 heteroatoms. The summed E-state index contributed by atoms with van der Waals surface area (Å²) in [7, 11) is -4.14. The number of nitrogens with one attached hydrogen (secondary N) is 3. The molecule has 0 unspecified atom stereocenters. The number of urea groups is 1. The first-order valence-electron chi connectivity index (χ1n) is 10.4. The van der Waals surface area contributed by atoms with Gasteiger partial charge in [0.15, 0.2) is 0 Å². The molecule has 0 fully saturated rings. The highest BCUT2D eigenvalue weighted by Crippen LogP contribution is 2.29. The van der Waals surface area contributed by atoms with Crippen LogP contribution in [0.15, 0.2) is 84.0 Å². The molecule has 11 nitrogen and oxygen atoms in total. The number of halogens is 1. The monoisotopic (exact) mass is 507 g/mol. The molecular formula is C23H18FN7O4S. The summed E-state index contributed by atoms with van der Waals surface area (Å²) in [5.41, 5.74) is 9.05. The second kappa shape index (κ2) is 9.03. The molecule has 0 spiro atoms. The zero-order valence-electron chi connectivity index (χ0n) is 18.3. The number of para-hydroxylation sites is 1. The summed E-state index contributed by atoms with van der Waals surface area (Å²) in [4.78, 5) is 25.8. The van der Waals surface area contributed by atoms with Crippen LogP contribution in [0.25, 0.3) is 22.4 Å². The van der Waals surface area contributed by atoms with Crippen LogP contribution in [-0.2, 0) is 10.1 Å². The largest absolute Gasteiger partial charge is 0.379 e. The molecule has 2 amide bonds. The van der Waals surface area contributed by atoms with E-state index in [0.717, 1.165) is 5.01 Å². The molecule has 2 aromatic heterocycles. The molecule has 3 aromatic carbocycles. The summed E-state index contributed by atoms with van der Waals surface area (Å²) in [5.74, 6) is 0.0473. The van der Waals surface area contributed by atoms with Gasteiger partial charge < -0.3 is 19.9 Å². The number of fused-ring (bicyclic) bond motifs is 1. The predicted molar refractivity (Wildman–Crippen MR) is 129 cm³/mol. The maximum absolute atomic E-state index is 14.4. The Balaban J connectivity index is 1.42. The second-order valence-corrected chi connectivity index (χ2v) is 9.05. The molecule has 0 atom stereocenters. The van der Waals surface area contributed by atoms with Crippen molar-refractivity contribution < 1.29 is 21.8 Å². The highest BCUT2D eigenvalue weighted by molar-refractivity contribution is 7.87. The van der Waals surface area contributed by atoms with Gasteiger partial charge in [-0.3, -0.25) is 0 Å². The van der Waals surface area contributed by atoms with E-state index < -0.39 is 22.0 Å². The lowest BCUT2D eigenvalue weighted by Crippen LogP contribution is -2.43. The van der Waals surface area contributed by atoms with Gasteiger partial charge in [-0.2, -0.15) is 8.42 Å². The van der Waals surface area contributed by atoms with Crippen molar-refractivity contribution >= 4 is 38.8 Å². The molecule has 0 aliphatic carbocycles. The van der Waals surface area contributed by atoms with Crippen LogP contribution in [0.3, 0.4) is 0 Å². The van der Waals surface area contributed by atoms with E-state index >= 15 is 0 Å². The molecule has 5 aromatic rings. The average Bonchev–Trinajstić information content (AvgIpc) is 3.53. The third-order valence-electron chi connectivity index (χ3n) is 5.09. The van der Waals surface area contributed by atoms with Gasteiger partial charge in [0, 0.05) is 24.0 Å². The van der Waals surface area contributed by atoms with Gasteiger partial charge in [-0.05, 0) is 48.5 Å². The Morgan fingerprint density at radius 3 is 2.56 bits per heavy atom. The fraction of sp³-hybridized carbons (Fsp3) is 0. The van der Waals surface area contributed by atoms with Crippen LogP contribution in [-0.4, -0.2) is 34.4 Å². The minimum atomic E-state index is -4.14. The summed E-state index contributed by atoms with van der Waals surface area (Å²) in [6.07, 6.45) is 3.26. The SMILES string of the molecule is NC(=O)NN(c1nc2ccc(OS(=O)(=O)c3ccc(-c4ncc[nH]4)cc3)cc2[nH]1)c1ccccc1F.